The van der Waals surface area contributed by atoms with Gasteiger partial charge in [0, 0.05) is 58.0 Å². The van der Waals surface area contributed by atoms with Gasteiger partial charge in [-0.2, -0.15) is 0 Å². The molecular formula is C22H28N4O4. The normalized spacial score (nSPS) is 22.7. The van der Waals surface area contributed by atoms with Crippen LogP contribution in [0.15, 0.2) is 47.3 Å². The Balaban J connectivity index is 1.46. The SMILES string of the molecule is CN1CCN(C(=O)C[C@H]2CN(C(=O)c3cnco3)CC[C@@H]2Oc2ccccc2)CC1. The lowest BCUT2D eigenvalue weighted by Gasteiger charge is -2.39. The molecule has 0 spiro atoms. The van der Waals surface area contributed by atoms with Gasteiger partial charge in [-0.1, -0.05) is 18.2 Å². The number of carbonyl (C=O) groups excluding carboxylic acids is 2. The topological polar surface area (TPSA) is 79.1 Å². The Bertz CT molecular complexity index is 834. The van der Waals surface area contributed by atoms with Crippen LogP contribution in [-0.2, 0) is 4.79 Å². The predicted octanol–water partition coefficient (Wildman–Crippen LogP) is 1.75. The Hall–Kier alpha value is -2.87. The molecule has 2 saturated heterocycles. The first-order valence-corrected chi connectivity index (χ1v) is 10.5. The van der Waals surface area contributed by atoms with Gasteiger partial charge in [-0.25, -0.2) is 4.98 Å². The van der Waals surface area contributed by atoms with Gasteiger partial charge in [0.2, 0.25) is 11.7 Å². The number of likely N-dealkylation sites (tertiary alicyclic amines) is 1. The van der Waals surface area contributed by atoms with E-state index in [2.05, 4.69) is 16.9 Å². The van der Waals surface area contributed by atoms with Gasteiger partial charge in [0.15, 0.2) is 6.39 Å². The maximum atomic E-state index is 13.0. The highest BCUT2D eigenvalue weighted by Crippen LogP contribution is 2.27. The summed E-state index contributed by atoms with van der Waals surface area (Å²) >= 11 is 0. The average molecular weight is 412 g/mol. The molecule has 2 atom stereocenters. The number of hydrogen-bond donors (Lipinski definition) is 0. The molecule has 2 aliphatic rings. The Kier molecular flexibility index (Phi) is 6.32. The number of para-hydroxylation sites is 1. The maximum absolute atomic E-state index is 13.0. The van der Waals surface area contributed by atoms with Gasteiger partial charge in [-0.3, -0.25) is 9.59 Å². The summed E-state index contributed by atoms with van der Waals surface area (Å²) in [4.78, 5) is 35.5. The summed E-state index contributed by atoms with van der Waals surface area (Å²) < 4.78 is 11.4. The van der Waals surface area contributed by atoms with E-state index in [4.69, 9.17) is 9.15 Å². The summed E-state index contributed by atoms with van der Waals surface area (Å²) in [6.45, 7) is 4.26. The number of carbonyl (C=O) groups is 2. The smallest absolute Gasteiger partial charge is 0.291 e. The molecule has 160 valence electrons. The number of piperazine rings is 1. The Labute approximate surface area is 176 Å². The van der Waals surface area contributed by atoms with E-state index in [1.54, 1.807) is 4.90 Å². The second kappa shape index (κ2) is 9.30. The van der Waals surface area contributed by atoms with Crippen molar-refractivity contribution < 1.29 is 18.7 Å². The van der Waals surface area contributed by atoms with Gasteiger partial charge in [0.05, 0.1) is 6.20 Å². The second-order valence-corrected chi connectivity index (χ2v) is 8.02. The molecule has 0 aliphatic carbocycles. The zero-order valence-corrected chi connectivity index (χ0v) is 17.3. The summed E-state index contributed by atoms with van der Waals surface area (Å²) in [6.07, 6.45) is 3.59. The number of benzene rings is 1. The van der Waals surface area contributed by atoms with Gasteiger partial charge >= 0.3 is 0 Å². The van der Waals surface area contributed by atoms with Crippen molar-refractivity contribution in [1.82, 2.24) is 19.7 Å². The molecule has 2 fully saturated rings. The molecule has 0 N–H and O–H groups in total. The first kappa shape index (κ1) is 20.4. The van der Waals surface area contributed by atoms with E-state index in [0.717, 1.165) is 31.9 Å². The molecule has 2 aromatic rings. The maximum Gasteiger partial charge on any atom is 0.291 e. The third-order valence-corrected chi connectivity index (χ3v) is 5.92. The standard InChI is InChI=1S/C22H28N4O4/c1-24-9-11-25(12-10-24)21(27)13-17-15-26(22(28)20-14-23-16-29-20)8-7-19(17)30-18-5-3-2-4-6-18/h2-6,14,16-17,19H,7-13,15H2,1H3/t17-,19-/m0/s1. The number of aromatic nitrogens is 1. The fraction of sp³-hybridized carbons (Fsp3) is 0.500. The van der Waals surface area contributed by atoms with Crippen LogP contribution >= 0.6 is 0 Å². The van der Waals surface area contributed by atoms with E-state index < -0.39 is 0 Å². The molecule has 3 heterocycles. The minimum atomic E-state index is -0.192. The molecule has 4 rings (SSSR count). The fourth-order valence-corrected chi connectivity index (χ4v) is 4.11. The highest BCUT2D eigenvalue weighted by molar-refractivity contribution is 5.91. The Morgan fingerprint density at radius 2 is 1.87 bits per heavy atom. The van der Waals surface area contributed by atoms with Crippen LogP contribution in [0.3, 0.4) is 0 Å². The third kappa shape index (κ3) is 4.81. The first-order chi connectivity index (χ1) is 14.6. The summed E-state index contributed by atoms with van der Waals surface area (Å²) in [5, 5.41) is 0. The molecule has 0 radical (unpaired) electrons. The second-order valence-electron chi connectivity index (χ2n) is 8.02. The van der Waals surface area contributed by atoms with Crippen molar-refractivity contribution in [1.29, 1.82) is 0 Å². The molecule has 0 unspecified atom stereocenters. The van der Waals surface area contributed by atoms with E-state index in [1.807, 2.05) is 35.2 Å². The van der Waals surface area contributed by atoms with Crippen molar-refractivity contribution in [3.8, 4) is 5.75 Å². The van der Waals surface area contributed by atoms with Crippen molar-refractivity contribution in [2.75, 3.05) is 46.3 Å². The third-order valence-electron chi connectivity index (χ3n) is 5.92. The molecular weight excluding hydrogens is 384 g/mol. The number of ether oxygens (including phenoxy) is 1. The molecule has 1 aromatic carbocycles. The van der Waals surface area contributed by atoms with Crippen LogP contribution in [-0.4, -0.2) is 83.9 Å². The van der Waals surface area contributed by atoms with Gasteiger partial charge in [0.1, 0.15) is 11.9 Å². The lowest BCUT2D eigenvalue weighted by atomic mass is 9.90. The first-order valence-electron chi connectivity index (χ1n) is 10.5. The molecule has 8 heteroatoms. The van der Waals surface area contributed by atoms with Crippen LogP contribution in [0.1, 0.15) is 23.4 Å². The molecule has 2 amide bonds. The minimum absolute atomic E-state index is 0.0852. The van der Waals surface area contributed by atoms with Crippen molar-refractivity contribution in [2.24, 2.45) is 5.92 Å². The molecule has 30 heavy (non-hydrogen) atoms. The number of hydrogen-bond acceptors (Lipinski definition) is 6. The lowest BCUT2D eigenvalue weighted by molar-refractivity contribution is -0.135. The van der Waals surface area contributed by atoms with Gasteiger partial charge in [-0.05, 0) is 19.2 Å². The minimum Gasteiger partial charge on any atom is -0.490 e. The van der Waals surface area contributed by atoms with E-state index in [0.29, 0.717) is 25.9 Å². The number of piperidine rings is 1. The fourth-order valence-electron chi connectivity index (χ4n) is 4.11. The Morgan fingerprint density at radius 3 is 2.57 bits per heavy atom. The molecule has 1 aromatic heterocycles. The van der Waals surface area contributed by atoms with Crippen LogP contribution in [0.25, 0.3) is 0 Å². The average Bonchev–Trinajstić information content (AvgIpc) is 3.30. The van der Waals surface area contributed by atoms with Crippen molar-refractivity contribution >= 4 is 11.8 Å². The molecule has 0 bridgehead atoms. The lowest BCUT2D eigenvalue weighted by Crippen LogP contribution is -2.51. The number of likely N-dealkylation sites (N-methyl/N-ethyl adjacent to an activating group) is 1. The number of nitrogens with zero attached hydrogens (tertiary/aromatic N) is 4. The van der Waals surface area contributed by atoms with Crippen LogP contribution < -0.4 is 4.74 Å². The summed E-state index contributed by atoms with van der Waals surface area (Å²) in [6, 6.07) is 9.65. The quantitative estimate of drug-likeness (QED) is 0.745. The summed E-state index contributed by atoms with van der Waals surface area (Å²) in [5.74, 6) is 0.862. The largest absolute Gasteiger partial charge is 0.490 e. The van der Waals surface area contributed by atoms with Crippen LogP contribution in [0, 0.1) is 5.92 Å². The van der Waals surface area contributed by atoms with Crippen LogP contribution in [0.5, 0.6) is 5.75 Å². The summed E-state index contributed by atoms with van der Waals surface area (Å²) in [7, 11) is 2.07. The van der Waals surface area contributed by atoms with Crippen molar-refractivity contribution in [3.63, 3.8) is 0 Å². The number of rotatable bonds is 5. The zero-order chi connectivity index (χ0) is 20.9. The predicted molar refractivity (Wildman–Crippen MR) is 110 cm³/mol. The van der Waals surface area contributed by atoms with Gasteiger partial charge in [0.25, 0.3) is 5.91 Å². The van der Waals surface area contributed by atoms with Crippen molar-refractivity contribution in [2.45, 2.75) is 18.9 Å². The highest BCUT2D eigenvalue weighted by Gasteiger charge is 2.36. The van der Waals surface area contributed by atoms with Crippen LogP contribution in [0.4, 0.5) is 0 Å². The van der Waals surface area contributed by atoms with E-state index >= 15 is 0 Å². The van der Waals surface area contributed by atoms with Gasteiger partial charge in [-0.15, -0.1) is 0 Å². The van der Waals surface area contributed by atoms with E-state index in [1.165, 1.54) is 12.6 Å². The van der Waals surface area contributed by atoms with Crippen LogP contribution in [0.2, 0.25) is 0 Å². The van der Waals surface area contributed by atoms with Crippen molar-refractivity contribution in [3.05, 3.63) is 48.7 Å². The van der Waals surface area contributed by atoms with E-state index in [-0.39, 0.29) is 29.6 Å². The summed E-state index contributed by atoms with van der Waals surface area (Å²) in [5.41, 5.74) is 0. The highest BCUT2D eigenvalue weighted by atomic mass is 16.5. The Morgan fingerprint density at radius 1 is 1.10 bits per heavy atom. The molecule has 2 aliphatic heterocycles. The zero-order valence-electron chi connectivity index (χ0n) is 17.3. The molecule has 0 saturated carbocycles. The number of amides is 2. The monoisotopic (exact) mass is 412 g/mol. The van der Waals surface area contributed by atoms with E-state index in [9.17, 15) is 9.59 Å². The number of oxazole rings is 1. The molecule has 8 nitrogen and oxygen atoms in total. The van der Waals surface area contributed by atoms with Gasteiger partial charge < -0.3 is 23.9 Å².